The molecule has 0 radical (unpaired) electrons. The van der Waals surface area contributed by atoms with Crippen molar-refractivity contribution in [1.82, 2.24) is 4.90 Å². The lowest BCUT2D eigenvalue weighted by Gasteiger charge is -2.16. The first-order valence-electron chi connectivity index (χ1n) is 6.32. The van der Waals surface area contributed by atoms with Crippen LogP contribution in [0.2, 0.25) is 0 Å². The second-order valence-electron chi connectivity index (χ2n) is 4.25. The van der Waals surface area contributed by atoms with Crippen LogP contribution >= 0.6 is 11.3 Å². The van der Waals surface area contributed by atoms with Gasteiger partial charge >= 0.3 is 5.97 Å². The summed E-state index contributed by atoms with van der Waals surface area (Å²) in [5.41, 5.74) is 0. The standard InChI is InChI=1S/C13H21NO4S/c1-3-18-13(17)12-5-4-11(19-12)10(16)6-7-14(2)8-9-15/h4-5,10,15-16H,3,6-9H2,1-2H3. The highest BCUT2D eigenvalue weighted by molar-refractivity contribution is 7.14. The molecule has 0 aliphatic heterocycles. The van der Waals surface area contributed by atoms with Gasteiger partial charge in [-0.2, -0.15) is 0 Å². The number of nitrogens with zero attached hydrogens (tertiary/aromatic N) is 1. The van der Waals surface area contributed by atoms with Crippen molar-refractivity contribution in [2.75, 3.05) is 33.4 Å². The molecule has 0 aromatic carbocycles. The Morgan fingerprint density at radius 3 is 2.84 bits per heavy atom. The molecule has 108 valence electrons. The van der Waals surface area contributed by atoms with Crippen LogP contribution < -0.4 is 0 Å². The van der Waals surface area contributed by atoms with Gasteiger partial charge in [0.2, 0.25) is 0 Å². The molecule has 0 spiro atoms. The molecule has 0 saturated heterocycles. The molecule has 19 heavy (non-hydrogen) atoms. The van der Waals surface area contributed by atoms with Gasteiger partial charge in [-0.15, -0.1) is 11.3 Å². The zero-order chi connectivity index (χ0) is 14.3. The Labute approximate surface area is 117 Å². The summed E-state index contributed by atoms with van der Waals surface area (Å²) < 4.78 is 4.90. The lowest BCUT2D eigenvalue weighted by atomic mass is 10.2. The lowest BCUT2D eigenvalue weighted by Crippen LogP contribution is -2.24. The van der Waals surface area contributed by atoms with Gasteiger partial charge in [-0.05, 0) is 32.5 Å². The molecule has 0 fully saturated rings. The number of ether oxygens (including phenoxy) is 1. The molecule has 1 rings (SSSR count). The summed E-state index contributed by atoms with van der Waals surface area (Å²) >= 11 is 1.26. The van der Waals surface area contributed by atoms with Crippen molar-refractivity contribution in [1.29, 1.82) is 0 Å². The largest absolute Gasteiger partial charge is 0.462 e. The van der Waals surface area contributed by atoms with E-state index in [1.807, 2.05) is 11.9 Å². The Morgan fingerprint density at radius 1 is 1.47 bits per heavy atom. The van der Waals surface area contributed by atoms with Gasteiger partial charge < -0.3 is 19.8 Å². The zero-order valence-corrected chi connectivity index (χ0v) is 12.2. The molecular weight excluding hydrogens is 266 g/mol. The van der Waals surface area contributed by atoms with Gasteiger partial charge in [0.15, 0.2) is 0 Å². The minimum atomic E-state index is -0.589. The summed E-state index contributed by atoms with van der Waals surface area (Å²) in [6.07, 6.45) is -0.0199. The molecule has 1 atom stereocenters. The number of likely N-dealkylation sites (N-methyl/N-ethyl adjacent to an activating group) is 1. The first-order valence-corrected chi connectivity index (χ1v) is 7.14. The Morgan fingerprint density at radius 2 is 2.21 bits per heavy atom. The summed E-state index contributed by atoms with van der Waals surface area (Å²) in [5, 5.41) is 18.8. The summed E-state index contributed by atoms with van der Waals surface area (Å²) in [6.45, 7) is 3.50. The number of carbonyl (C=O) groups is 1. The van der Waals surface area contributed by atoms with Crippen LogP contribution in [0.25, 0.3) is 0 Å². The molecule has 6 heteroatoms. The van der Waals surface area contributed by atoms with Crippen LogP contribution in [0.1, 0.15) is 34.0 Å². The van der Waals surface area contributed by atoms with Crippen LogP contribution in [-0.2, 0) is 4.74 Å². The fourth-order valence-corrected chi connectivity index (χ4v) is 2.53. The smallest absolute Gasteiger partial charge is 0.348 e. The third kappa shape index (κ3) is 5.28. The number of thiophene rings is 1. The van der Waals surface area contributed by atoms with Crippen LogP contribution in [-0.4, -0.2) is 54.4 Å². The van der Waals surface area contributed by atoms with Crippen molar-refractivity contribution >= 4 is 17.3 Å². The van der Waals surface area contributed by atoms with Crippen molar-refractivity contribution in [3.63, 3.8) is 0 Å². The molecule has 1 aromatic heterocycles. The average Bonchev–Trinajstić information content (AvgIpc) is 2.86. The van der Waals surface area contributed by atoms with E-state index >= 15 is 0 Å². The molecule has 1 heterocycles. The van der Waals surface area contributed by atoms with Crippen molar-refractivity contribution in [3.8, 4) is 0 Å². The normalized spacial score (nSPS) is 12.7. The minimum absolute atomic E-state index is 0.110. The van der Waals surface area contributed by atoms with Crippen LogP contribution in [0.4, 0.5) is 0 Å². The maximum atomic E-state index is 11.5. The Kier molecular flexibility index (Phi) is 7.01. The van der Waals surface area contributed by atoms with Gasteiger partial charge in [0, 0.05) is 18.0 Å². The summed E-state index contributed by atoms with van der Waals surface area (Å²) in [7, 11) is 1.89. The summed E-state index contributed by atoms with van der Waals surface area (Å²) in [4.78, 5) is 14.7. The molecule has 1 unspecified atom stereocenters. The van der Waals surface area contributed by atoms with E-state index in [-0.39, 0.29) is 12.6 Å². The van der Waals surface area contributed by atoms with Crippen molar-refractivity contribution in [2.24, 2.45) is 0 Å². The molecule has 1 aromatic rings. The second-order valence-corrected chi connectivity index (χ2v) is 5.37. The fourth-order valence-electron chi connectivity index (χ4n) is 1.61. The second kappa shape index (κ2) is 8.27. The predicted octanol–water partition coefficient (Wildman–Crippen LogP) is 1.27. The molecule has 0 aliphatic rings. The number of esters is 1. The highest BCUT2D eigenvalue weighted by Crippen LogP contribution is 2.26. The first kappa shape index (κ1) is 16.1. The average molecular weight is 287 g/mol. The third-order valence-corrected chi connectivity index (χ3v) is 3.86. The van der Waals surface area contributed by atoms with Gasteiger partial charge in [-0.1, -0.05) is 0 Å². The fraction of sp³-hybridized carbons (Fsp3) is 0.615. The molecule has 0 saturated carbocycles. The molecule has 0 bridgehead atoms. The van der Waals surface area contributed by atoms with Crippen LogP contribution in [0.3, 0.4) is 0 Å². The SMILES string of the molecule is CCOC(=O)c1ccc(C(O)CCN(C)CCO)s1. The van der Waals surface area contributed by atoms with E-state index in [0.717, 1.165) is 4.88 Å². The van der Waals surface area contributed by atoms with E-state index < -0.39 is 6.10 Å². The Hall–Kier alpha value is -0.950. The van der Waals surface area contributed by atoms with Gasteiger partial charge in [-0.3, -0.25) is 0 Å². The van der Waals surface area contributed by atoms with E-state index in [2.05, 4.69) is 0 Å². The summed E-state index contributed by atoms with van der Waals surface area (Å²) in [5.74, 6) is -0.344. The monoisotopic (exact) mass is 287 g/mol. The van der Waals surface area contributed by atoms with Crippen LogP contribution in [0.5, 0.6) is 0 Å². The molecule has 0 amide bonds. The van der Waals surface area contributed by atoms with Crippen molar-refractivity contribution < 1.29 is 19.7 Å². The van der Waals surface area contributed by atoms with Crippen molar-refractivity contribution in [2.45, 2.75) is 19.4 Å². The number of carbonyl (C=O) groups excluding carboxylic acids is 1. The number of aliphatic hydroxyl groups excluding tert-OH is 2. The number of aliphatic hydroxyl groups is 2. The van der Waals surface area contributed by atoms with Gasteiger partial charge in [-0.25, -0.2) is 4.79 Å². The molecule has 5 nitrogen and oxygen atoms in total. The lowest BCUT2D eigenvalue weighted by molar-refractivity contribution is 0.0532. The number of rotatable bonds is 8. The quantitative estimate of drug-likeness (QED) is 0.705. The van der Waals surface area contributed by atoms with Crippen molar-refractivity contribution in [3.05, 3.63) is 21.9 Å². The maximum Gasteiger partial charge on any atom is 0.348 e. The number of hydrogen-bond acceptors (Lipinski definition) is 6. The van der Waals surface area contributed by atoms with Gasteiger partial charge in [0.1, 0.15) is 4.88 Å². The first-order chi connectivity index (χ1) is 9.08. The molecule has 0 aliphatic carbocycles. The van der Waals surface area contributed by atoms with E-state index in [1.54, 1.807) is 19.1 Å². The van der Waals surface area contributed by atoms with E-state index in [4.69, 9.17) is 9.84 Å². The highest BCUT2D eigenvalue weighted by Gasteiger charge is 2.15. The predicted molar refractivity (Wildman–Crippen MR) is 74.4 cm³/mol. The Balaban J connectivity index is 2.49. The van der Waals surface area contributed by atoms with Crippen LogP contribution in [0, 0.1) is 0 Å². The molecular formula is C13H21NO4S. The van der Waals surface area contributed by atoms with E-state index in [1.165, 1.54) is 11.3 Å². The third-order valence-electron chi connectivity index (χ3n) is 2.70. The minimum Gasteiger partial charge on any atom is -0.462 e. The topological polar surface area (TPSA) is 70.0 Å². The number of hydrogen-bond donors (Lipinski definition) is 2. The van der Waals surface area contributed by atoms with Crippen LogP contribution in [0.15, 0.2) is 12.1 Å². The maximum absolute atomic E-state index is 11.5. The highest BCUT2D eigenvalue weighted by atomic mass is 32.1. The van der Waals surface area contributed by atoms with Gasteiger partial charge in [0.05, 0.1) is 19.3 Å². The molecule has 2 N–H and O–H groups in total. The Bertz CT molecular complexity index is 394. The van der Waals surface area contributed by atoms with E-state index in [0.29, 0.717) is 31.0 Å². The zero-order valence-electron chi connectivity index (χ0n) is 11.3. The summed E-state index contributed by atoms with van der Waals surface area (Å²) in [6, 6.07) is 3.44. The van der Waals surface area contributed by atoms with Gasteiger partial charge in [0.25, 0.3) is 0 Å². The van der Waals surface area contributed by atoms with E-state index in [9.17, 15) is 9.90 Å².